The van der Waals surface area contributed by atoms with Gasteiger partial charge in [-0.25, -0.2) is 4.79 Å². The van der Waals surface area contributed by atoms with E-state index in [1.807, 2.05) is 13.8 Å². The summed E-state index contributed by atoms with van der Waals surface area (Å²) in [7, 11) is 1.30. The van der Waals surface area contributed by atoms with Gasteiger partial charge in [-0.15, -0.1) is 0 Å². The van der Waals surface area contributed by atoms with Gasteiger partial charge in [-0.1, -0.05) is 13.8 Å². The summed E-state index contributed by atoms with van der Waals surface area (Å²) in [4.78, 5) is 10.6. The summed E-state index contributed by atoms with van der Waals surface area (Å²) < 4.78 is 4.37. The molecule has 1 amide bonds. The van der Waals surface area contributed by atoms with E-state index in [2.05, 4.69) is 10.1 Å². The molecule has 4 nitrogen and oxygen atoms in total. The van der Waals surface area contributed by atoms with E-state index in [0.29, 0.717) is 0 Å². The van der Waals surface area contributed by atoms with Crippen LogP contribution in [0.4, 0.5) is 4.79 Å². The summed E-state index contributed by atoms with van der Waals surface area (Å²) in [5, 5.41) is 11.3. The number of aliphatic hydroxyl groups excluding tert-OH is 1. The Morgan fingerprint density at radius 1 is 1.64 bits per heavy atom. The summed E-state index contributed by atoms with van der Waals surface area (Å²) in [5.74, 6) is 0.207. The quantitative estimate of drug-likeness (QED) is 0.628. The average molecular weight is 161 g/mol. The van der Waals surface area contributed by atoms with Crippen LogP contribution in [-0.2, 0) is 4.74 Å². The smallest absolute Gasteiger partial charge is 0.407 e. The van der Waals surface area contributed by atoms with Crippen molar-refractivity contribution in [2.45, 2.75) is 19.9 Å². The van der Waals surface area contributed by atoms with Gasteiger partial charge < -0.3 is 15.2 Å². The van der Waals surface area contributed by atoms with Crippen LogP contribution in [0.5, 0.6) is 0 Å². The Morgan fingerprint density at radius 2 is 2.18 bits per heavy atom. The van der Waals surface area contributed by atoms with Crippen molar-refractivity contribution < 1.29 is 14.6 Å². The highest BCUT2D eigenvalue weighted by Crippen LogP contribution is 1.99. The molecule has 0 bridgehead atoms. The van der Waals surface area contributed by atoms with Gasteiger partial charge in [0.25, 0.3) is 0 Å². The third kappa shape index (κ3) is 3.83. The zero-order valence-corrected chi connectivity index (χ0v) is 7.13. The molecule has 4 heteroatoms. The van der Waals surface area contributed by atoms with Gasteiger partial charge in [0.1, 0.15) is 0 Å². The van der Waals surface area contributed by atoms with E-state index in [-0.39, 0.29) is 18.6 Å². The Kier molecular flexibility index (Phi) is 4.61. The first-order chi connectivity index (χ1) is 5.11. The van der Waals surface area contributed by atoms with E-state index in [1.165, 1.54) is 7.11 Å². The van der Waals surface area contributed by atoms with Crippen LogP contribution >= 0.6 is 0 Å². The molecule has 0 saturated carbocycles. The second-order valence-electron chi connectivity index (χ2n) is 2.67. The molecule has 0 aliphatic heterocycles. The van der Waals surface area contributed by atoms with E-state index in [4.69, 9.17) is 5.11 Å². The van der Waals surface area contributed by atoms with Crippen LogP contribution in [0.15, 0.2) is 0 Å². The fourth-order valence-electron chi connectivity index (χ4n) is 0.633. The Balaban J connectivity index is 3.78. The number of methoxy groups -OCH3 is 1. The van der Waals surface area contributed by atoms with E-state index < -0.39 is 6.09 Å². The van der Waals surface area contributed by atoms with E-state index in [0.717, 1.165) is 0 Å². The van der Waals surface area contributed by atoms with Crippen molar-refractivity contribution in [3.63, 3.8) is 0 Å². The highest BCUT2D eigenvalue weighted by Gasteiger charge is 2.14. The number of hydrogen-bond acceptors (Lipinski definition) is 3. The molecular formula is C7H15NO3. The van der Waals surface area contributed by atoms with Crippen molar-refractivity contribution in [2.24, 2.45) is 5.92 Å². The molecule has 0 aromatic rings. The molecule has 0 aliphatic carbocycles. The maximum Gasteiger partial charge on any atom is 0.407 e. The number of aliphatic hydroxyl groups is 1. The molecule has 0 unspecified atom stereocenters. The third-order valence-corrected chi connectivity index (χ3v) is 1.49. The van der Waals surface area contributed by atoms with Crippen LogP contribution in [0.2, 0.25) is 0 Å². The summed E-state index contributed by atoms with van der Waals surface area (Å²) in [5.41, 5.74) is 0. The monoisotopic (exact) mass is 161 g/mol. The zero-order chi connectivity index (χ0) is 8.85. The minimum absolute atomic E-state index is 0.0627. The molecule has 0 radical (unpaired) electrons. The first-order valence-electron chi connectivity index (χ1n) is 3.57. The largest absolute Gasteiger partial charge is 0.453 e. The molecule has 0 aromatic carbocycles. The molecule has 2 N–H and O–H groups in total. The number of hydrogen-bond donors (Lipinski definition) is 2. The minimum Gasteiger partial charge on any atom is -0.453 e. The number of alkyl carbamates (subject to hydrolysis) is 1. The second kappa shape index (κ2) is 4.96. The normalized spacial score (nSPS) is 12.8. The Morgan fingerprint density at radius 3 is 2.45 bits per heavy atom. The lowest BCUT2D eigenvalue weighted by atomic mass is 10.1. The van der Waals surface area contributed by atoms with Crippen molar-refractivity contribution in [1.29, 1.82) is 0 Å². The number of rotatable bonds is 3. The molecule has 0 aromatic heterocycles. The molecule has 0 rings (SSSR count). The summed E-state index contributed by atoms with van der Waals surface area (Å²) >= 11 is 0. The Labute approximate surface area is 66.5 Å². The van der Waals surface area contributed by atoms with Gasteiger partial charge in [-0.2, -0.15) is 0 Å². The molecular weight excluding hydrogens is 146 g/mol. The summed E-state index contributed by atoms with van der Waals surface area (Å²) in [6, 6.07) is -0.220. The Bertz CT molecular complexity index is 125. The molecule has 0 heterocycles. The van der Waals surface area contributed by atoms with Crippen LogP contribution in [-0.4, -0.2) is 31.0 Å². The van der Waals surface area contributed by atoms with Gasteiger partial charge in [0.05, 0.1) is 19.8 Å². The molecule has 0 fully saturated rings. The molecule has 0 spiro atoms. The first-order valence-corrected chi connectivity index (χ1v) is 3.57. The molecule has 11 heavy (non-hydrogen) atoms. The predicted molar refractivity (Wildman–Crippen MR) is 41.3 cm³/mol. The lowest BCUT2D eigenvalue weighted by Gasteiger charge is -2.18. The van der Waals surface area contributed by atoms with Crippen molar-refractivity contribution in [3.05, 3.63) is 0 Å². The highest BCUT2D eigenvalue weighted by molar-refractivity contribution is 5.67. The lowest BCUT2D eigenvalue weighted by molar-refractivity contribution is 0.149. The SMILES string of the molecule is COC(=O)N[C@@H](CO)C(C)C. The number of ether oxygens (including phenoxy) is 1. The summed E-state index contributed by atoms with van der Waals surface area (Å²) in [6.07, 6.45) is -0.502. The van der Waals surface area contributed by atoms with Crippen LogP contribution in [0.3, 0.4) is 0 Å². The van der Waals surface area contributed by atoms with Gasteiger partial charge in [0, 0.05) is 0 Å². The van der Waals surface area contributed by atoms with E-state index in [1.54, 1.807) is 0 Å². The third-order valence-electron chi connectivity index (χ3n) is 1.49. The van der Waals surface area contributed by atoms with E-state index in [9.17, 15) is 4.79 Å². The molecule has 1 atom stereocenters. The average Bonchev–Trinajstić information content (AvgIpc) is 1.99. The number of carbonyl (C=O) groups is 1. The standard InChI is InChI=1S/C7H15NO3/c1-5(2)6(4-9)8-7(10)11-3/h5-6,9H,4H2,1-3H3,(H,8,10)/t6-/m0/s1. The minimum atomic E-state index is -0.502. The van der Waals surface area contributed by atoms with Crippen molar-refractivity contribution in [2.75, 3.05) is 13.7 Å². The van der Waals surface area contributed by atoms with Crippen LogP contribution in [0.1, 0.15) is 13.8 Å². The summed E-state index contributed by atoms with van der Waals surface area (Å²) in [6.45, 7) is 3.76. The highest BCUT2D eigenvalue weighted by atomic mass is 16.5. The zero-order valence-electron chi connectivity index (χ0n) is 7.13. The van der Waals surface area contributed by atoms with Crippen molar-refractivity contribution in [1.82, 2.24) is 5.32 Å². The molecule has 0 aliphatic rings. The maximum atomic E-state index is 10.6. The number of amides is 1. The number of nitrogens with one attached hydrogen (secondary N) is 1. The first kappa shape index (κ1) is 10.2. The number of carbonyl (C=O) groups excluding carboxylic acids is 1. The molecule has 66 valence electrons. The fraction of sp³-hybridized carbons (Fsp3) is 0.857. The van der Waals surface area contributed by atoms with Gasteiger partial charge in [-0.3, -0.25) is 0 Å². The van der Waals surface area contributed by atoms with Gasteiger partial charge >= 0.3 is 6.09 Å². The van der Waals surface area contributed by atoms with Gasteiger partial charge in [0.15, 0.2) is 0 Å². The van der Waals surface area contributed by atoms with Crippen molar-refractivity contribution in [3.8, 4) is 0 Å². The van der Waals surface area contributed by atoms with Gasteiger partial charge in [-0.05, 0) is 5.92 Å². The Hall–Kier alpha value is -0.770. The molecule has 0 saturated heterocycles. The fourth-order valence-corrected chi connectivity index (χ4v) is 0.633. The topological polar surface area (TPSA) is 58.6 Å². The van der Waals surface area contributed by atoms with Crippen molar-refractivity contribution >= 4 is 6.09 Å². The lowest BCUT2D eigenvalue weighted by Crippen LogP contribution is -2.40. The van der Waals surface area contributed by atoms with Crippen LogP contribution in [0.25, 0.3) is 0 Å². The second-order valence-corrected chi connectivity index (χ2v) is 2.67. The van der Waals surface area contributed by atoms with Crippen LogP contribution < -0.4 is 5.32 Å². The van der Waals surface area contributed by atoms with E-state index >= 15 is 0 Å². The maximum absolute atomic E-state index is 10.6. The van der Waals surface area contributed by atoms with Crippen LogP contribution in [0, 0.1) is 5.92 Å². The van der Waals surface area contributed by atoms with Gasteiger partial charge in [0.2, 0.25) is 0 Å². The predicted octanol–water partition coefficient (Wildman–Crippen LogP) is 0.359.